The molecule has 1 N–H and O–H groups in total. The van der Waals surface area contributed by atoms with E-state index in [-0.39, 0.29) is 0 Å². The molecule has 0 bridgehead atoms. The van der Waals surface area contributed by atoms with Gasteiger partial charge < -0.3 is 9.88 Å². The van der Waals surface area contributed by atoms with E-state index in [1.165, 1.54) is 54.2 Å². The van der Waals surface area contributed by atoms with Crippen LogP contribution in [0, 0.1) is 0 Å². The molecule has 0 aliphatic carbocycles. The van der Waals surface area contributed by atoms with Gasteiger partial charge in [0.2, 0.25) is 0 Å². The van der Waals surface area contributed by atoms with Crippen LogP contribution in [0.3, 0.4) is 0 Å². The summed E-state index contributed by atoms with van der Waals surface area (Å²) in [4.78, 5) is 10.8. The summed E-state index contributed by atoms with van der Waals surface area (Å²) in [5.41, 5.74) is 2.37. The number of fused-ring (bicyclic) bond motifs is 3. The molecular formula is C20H25N5. The average molecular weight is 335 g/mol. The van der Waals surface area contributed by atoms with Gasteiger partial charge in [-0.25, -0.2) is 15.0 Å². The van der Waals surface area contributed by atoms with Crippen molar-refractivity contribution in [3.8, 4) is 0 Å². The van der Waals surface area contributed by atoms with E-state index in [1.807, 2.05) is 6.20 Å². The number of hydrogen-bond acceptors (Lipinski definition) is 4. The van der Waals surface area contributed by atoms with Gasteiger partial charge in [0.15, 0.2) is 5.82 Å². The molecule has 5 nitrogen and oxygen atoms in total. The molecule has 3 aromatic rings. The molecule has 5 rings (SSSR count). The van der Waals surface area contributed by atoms with Crippen molar-refractivity contribution in [1.82, 2.24) is 20.0 Å². The molecule has 1 aromatic carbocycles. The van der Waals surface area contributed by atoms with Crippen molar-refractivity contribution in [2.45, 2.75) is 19.3 Å². The SMILES string of the molecule is c1ccc2c(c1)[nH]c1c(N3CCN(N4CCCCC4)CC3)nccc12. The Morgan fingerprint density at radius 1 is 0.760 bits per heavy atom. The molecule has 2 saturated heterocycles. The molecular weight excluding hydrogens is 310 g/mol. The predicted molar refractivity (Wildman–Crippen MR) is 103 cm³/mol. The Kier molecular flexibility index (Phi) is 3.83. The van der Waals surface area contributed by atoms with Crippen LogP contribution < -0.4 is 4.90 Å². The summed E-state index contributed by atoms with van der Waals surface area (Å²) in [5, 5.41) is 7.69. The lowest BCUT2D eigenvalue weighted by Gasteiger charge is -2.43. The van der Waals surface area contributed by atoms with Crippen LogP contribution >= 0.6 is 0 Å². The van der Waals surface area contributed by atoms with Crippen LogP contribution in [0.25, 0.3) is 21.8 Å². The first-order chi connectivity index (χ1) is 12.4. The van der Waals surface area contributed by atoms with E-state index < -0.39 is 0 Å². The van der Waals surface area contributed by atoms with Crippen LogP contribution in [0.15, 0.2) is 36.5 Å². The topological polar surface area (TPSA) is 38.4 Å². The normalized spacial score (nSPS) is 20.6. The van der Waals surface area contributed by atoms with Crippen LogP contribution in [0.4, 0.5) is 5.82 Å². The Hall–Kier alpha value is -2.11. The van der Waals surface area contributed by atoms with Gasteiger partial charge in [-0.15, -0.1) is 0 Å². The monoisotopic (exact) mass is 335 g/mol. The maximum atomic E-state index is 4.73. The molecule has 0 saturated carbocycles. The standard InChI is InChI=1S/C20H25N5/c1-4-10-24(11-5-1)25-14-12-23(13-15-25)20-19-17(8-9-21-20)16-6-2-3-7-18(16)22-19/h2-3,6-9,22H,1,4-5,10-15H2. The van der Waals surface area contributed by atoms with Crippen molar-refractivity contribution >= 4 is 27.6 Å². The number of piperidine rings is 1. The number of anilines is 1. The number of piperazine rings is 1. The summed E-state index contributed by atoms with van der Waals surface area (Å²) < 4.78 is 0. The number of aromatic amines is 1. The summed E-state index contributed by atoms with van der Waals surface area (Å²) in [5.74, 6) is 1.10. The summed E-state index contributed by atoms with van der Waals surface area (Å²) in [6.07, 6.45) is 6.03. The second-order valence-electron chi connectivity index (χ2n) is 7.18. The lowest BCUT2D eigenvalue weighted by molar-refractivity contribution is -0.0427. The minimum Gasteiger partial charge on any atom is -0.352 e. The Morgan fingerprint density at radius 2 is 1.52 bits per heavy atom. The lowest BCUT2D eigenvalue weighted by Crippen LogP contribution is -2.55. The average Bonchev–Trinajstić information content (AvgIpc) is 3.08. The molecule has 0 amide bonds. The Balaban J connectivity index is 1.40. The van der Waals surface area contributed by atoms with E-state index >= 15 is 0 Å². The highest BCUT2D eigenvalue weighted by atomic mass is 15.6. The van der Waals surface area contributed by atoms with Crippen molar-refractivity contribution in [3.63, 3.8) is 0 Å². The van der Waals surface area contributed by atoms with E-state index in [0.29, 0.717) is 0 Å². The zero-order valence-electron chi connectivity index (χ0n) is 14.6. The van der Waals surface area contributed by atoms with Crippen LogP contribution in [-0.4, -0.2) is 59.3 Å². The highest BCUT2D eigenvalue weighted by Gasteiger charge is 2.25. The molecule has 5 heteroatoms. The number of H-pyrrole nitrogens is 1. The first-order valence-corrected chi connectivity index (χ1v) is 9.50. The number of nitrogens with one attached hydrogen (secondary N) is 1. The van der Waals surface area contributed by atoms with Crippen LogP contribution in [0.2, 0.25) is 0 Å². The second-order valence-corrected chi connectivity index (χ2v) is 7.18. The zero-order chi connectivity index (χ0) is 16.6. The summed E-state index contributed by atoms with van der Waals surface area (Å²) in [6, 6.07) is 10.6. The van der Waals surface area contributed by atoms with Gasteiger partial charge in [-0.2, -0.15) is 0 Å². The summed E-state index contributed by atoms with van der Waals surface area (Å²) in [7, 11) is 0. The molecule has 2 aliphatic rings. The number of nitrogens with zero attached hydrogens (tertiary/aromatic N) is 4. The Bertz CT molecular complexity index is 872. The molecule has 2 aromatic heterocycles. The fourth-order valence-corrected chi connectivity index (χ4v) is 4.35. The first kappa shape index (κ1) is 15.2. The third-order valence-corrected chi connectivity index (χ3v) is 5.70. The van der Waals surface area contributed by atoms with Gasteiger partial charge in [0.25, 0.3) is 0 Å². The third kappa shape index (κ3) is 2.68. The van der Waals surface area contributed by atoms with E-state index in [0.717, 1.165) is 32.0 Å². The highest BCUT2D eigenvalue weighted by Crippen LogP contribution is 2.31. The van der Waals surface area contributed by atoms with E-state index in [2.05, 4.69) is 50.2 Å². The van der Waals surface area contributed by atoms with Crippen molar-refractivity contribution in [2.75, 3.05) is 44.2 Å². The van der Waals surface area contributed by atoms with Gasteiger partial charge in [0.05, 0.1) is 5.52 Å². The van der Waals surface area contributed by atoms with Gasteiger partial charge in [-0.1, -0.05) is 24.6 Å². The Labute approximate surface area is 148 Å². The second kappa shape index (κ2) is 6.32. The van der Waals surface area contributed by atoms with Gasteiger partial charge in [0, 0.05) is 61.8 Å². The number of para-hydroxylation sites is 1. The number of pyridine rings is 1. The quantitative estimate of drug-likeness (QED) is 0.780. The van der Waals surface area contributed by atoms with Gasteiger partial charge in [0.1, 0.15) is 0 Å². The maximum Gasteiger partial charge on any atom is 0.153 e. The molecule has 0 unspecified atom stereocenters. The van der Waals surface area contributed by atoms with E-state index in [4.69, 9.17) is 4.98 Å². The largest absolute Gasteiger partial charge is 0.352 e. The fourth-order valence-electron chi connectivity index (χ4n) is 4.35. The number of aromatic nitrogens is 2. The van der Waals surface area contributed by atoms with Crippen molar-refractivity contribution < 1.29 is 0 Å². The Morgan fingerprint density at radius 3 is 2.36 bits per heavy atom. The minimum absolute atomic E-state index is 1.04. The number of hydrazine groups is 1. The van der Waals surface area contributed by atoms with E-state index in [1.54, 1.807) is 0 Å². The van der Waals surface area contributed by atoms with Gasteiger partial charge in [-0.05, 0) is 25.0 Å². The summed E-state index contributed by atoms with van der Waals surface area (Å²) in [6.45, 7) is 6.73. The van der Waals surface area contributed by atoms with E-state index in [9.17, 15) is 0 Å². The fraction of sp³-hybridized carbons (Fsp3) is 0.450. The lowest BCUT2D eigenvalue weighted by atomic mass is 10.1. The predicted octanol–water partition coefficient (Wildman–Crippen LogP) is 3.24. The zero-order valence-corrected chi connectivity index (χ0v) is 14.6. The minimum atomic E-state index is 1.04. The van der Waals surface area contributed by atoms with Crippen LogP contribution in [0.1, 0.15) is 19.3 Å². The number of rotatable bonds is 2. The maximum absolute atomic E-state index is 4.73. The van der Waals surface area contributed by atoms with Crippen molar-refractivity contribution in [2.24, 2.45) is 0 Å². The highest BCUT2D eigenvalue weighted by molar-refractivity contribution is 6.10. The molecule has 0 spiro atoms. The van der Waals surface area contributed by atoms with Crippen molar-refractivity contribution in [1.29, 1.82) is 0 Å². The molecule has 2 fully saturated rings. The van der Waals surface area contributed by atoms with Gasteiger partial charge in [-0.3, -0.25) is 0 Å². The van der Waals surface area contributed by atoms with Crippen molar-refractivity contribution in [3.05, 3.63) is 36.5 Å². The molecule has 0 atom stereocenters. The first-order valence-electron chi connectivity index (χ1n) is 9.50. The molecule has 130 valence electrons. The van der Waals surface area contributed by atoms with Crippen LogP contribution in [-0.2, 0) is 0 Å². The third-order valence-electron chi connectivity index (χ3n) is 5.70. The molecule has 0 radical (unpaired) electrons. The molecule has 25 heavy (non-hydrogen) atoms. The summed E-state index contributed by atoms with van der Waals surface area (Å²) >= 11 is 0. The number of hydrogen-bond donors (Lipinski definition) is 1. The molecule has 2 aliphatic heterocycles. The molecule has 4 heterocycles. The van der Waals surface area contributed by atoms with Crippen LogP contribution in [0.5, 0.6) is 0 Å². The van der Waals surface area contributed by atoms with Gasteiger partial charge >= 0.3 is 0 Å². The number of benzene rings is 1. The smallest absolute Gasteiger partial charge is 0.153 e.